The fourth-order valence-electron chi connectivity index (χ4n) is 1.40. The number of hydrogen-bond acceptors (Lipinski definition) is 4. The predicted molar refractivity (Wildman–Crippen MR) is 63.3 cm³/mol. The van der Waals surface area contributed by atoms with Gasteiger partial charge < -0.3 is 10.4 Å². The van der Waals surface area contributed by atoms with Gasteiger partial charge in [-0.15, -0.1) is 0 Å². The Hall–Kier alpha value is -2.18. The number of carbonyl (C=O) groups excluding carboxylic acids is 1. The summed E-state index contributed by atoms with van der Waals surface area (Å²) in [6, 6.07) is 1.53. The van der Waals surface area contributed by atoms with Crippen molar-refractivity contribution in [2.24, 2.45) is 7.05 Å². The average Bonchev–Trinajstić information content (AvgIpc) is 2.31. The Bertz CT molecular complexity index is 509. The van der Waals surface area contributed by atoms with E-state index >= 15 is 0 Å². The number of nitrogens with one attached hydrogen (secondary N) is 1. The van der Waals surface area contributed by atoms with Gasteiger partial charge in [-0.05, 0) is 12.5 Å². The van der Waals surface area contributed by atoms with E-state index < -0.39 is 17.9 Å². The Labute approximate surface area is 103 Å². The second-order valence-corrected chi connectivity index (χ2v) is 3.83. The average molecular weight is 253 g/mol. The number of carboxylic acids is 1. The van der Waals surface area contributed by atoms with Gasteiger partial charge in [0.15, 0.2) is 0 Å². The first-order valence-electron chi connectivity index (χ1n) is 5.53. The van der Waals surface area contributed by atoms with Crippen LogP contribution in [-0.4, -0.2) is 32.8 Å². The van der Waals surface area contributed by atoms with E-state index in [-0.39, 0.29) is 11.3 Å². The normalized spacial score (nSPS) is 11.9. The summed E-state index contributed by atoms with van der Waals surface area (Å²) in [6.45, 7) is 1.83. The predicted octanol–water partition coefficient (Wildman–Crippen LogP) is -0.237. The van der Waals surface area contributed by atoms with Gasteiger partial charge in [0.05, 0.1) is 0 Å². The third-order valence-electron chi connectivity index (χ3n) is 2.37. The lowest BCUT2D eigenvalue weighted by molar-refractivity contribution is -0.139. The van der Waals surface area contributed by atoms with E-state index in [9.17, 15) is 14.4 Å². The molecule has 7 nitrogen and oxygen atoms in total. The molecule has 0 fully saturated rings. The molecule has 0 aromatic carbocycles. The van der Waals surface area contributed by atoms with Gasteiger partial charge in [-0.3, -0.25) is 9.59 Å². The van der Waals surface area contributed by atoms with E-state index in [4.69, 9.17) is 5.11 Å². The largest absolute Gasteiger partial charge is 0.480 e. The SMILES string of the molecule is CCC[C@@H](NC(=O)c1ccc(=O)n(C)n1)C(=O)O. The van der Waals surface area contributed by atoms with Gasteiger partial charge in [0.2, 0.25) is 0 Å². The van der Waals surface area contributed by atoms with Crippen LogP contribution < -0.4 is 10.9 Å². The second-order valence-electron chi connectivity index (χ2n) is 3.83. The van der Waals surface area contributed by atoms with Crippen LogP contribution in [0.25, 0.3) is 0 Å². The van der Waals surface area contributed by atoms with Gasteiger partial charge in [-0.1, -0.05) is 13.3 Å². The number of aliphatic carboxylic acids is 1. The molecule has 0 radical (unpaired) electrons. The topological polar surface area (TPSA) is 101 Å². The molecule has 0 saturated carbocycles. The molecule has 7 heteroatoms. The third kappa shape index (κ3) is 3.41. The molecule has 0 saturated heterocycles. The fraction of sp³-hybridized carbons (Fsp3) is 0.455. The summed E-state index contributed by atoms with van der Waals surface area (Å²) in [5.74, 6) is -1.69. The zero-order chi connectivity index (χ0) is 13.7. The van der Waals surface area contributed by atoms with Crippen LogP contribution >= 0.6 is 0 Å². The molecule has 1 amide bonds. The molecule has 1 atom stereocenters. The first kappa shape index (κ1) is 13.9. The van der Waals surface area contributed by atoms with Crippen molar-refractivity contribution in [3.05, 3.63) is 28.2 Å². The highest BCUT2D eigenvalue weighted by Crippen LogP contribution is 1.99. The Balaban J connectivity index is 2.83. The maximum Gasteiger partial charge on any atom is 0.326 e. The summed E-state index contributed by atoms with van der Waals surface area (Å²) in [7, 11) is 1.42. The summed E-state index contributed by atoms with van der Waals surface area (Å²) in [6.07, 6.45) is 0.977. The molecule has 0 unspecified atom stereocenters. The standard InChI is InChI=1S/C11H15N3O4/c1-3-4-8(11(17)18)12-10(16)7-5-6-9(15)14(2)13-7/h5-6,8H,3-4H2,1-2H3,(H,12,16)(H,17,18)/t8-/m1/s1. The van der Waals surface area contributed by atoms with Crippen LogP contribution in [0.2, 0.25) is 0 Å². The van der Waals surface area contributed by atoms with Crippen molar-refractivity contribution in [1.29, 1.82) is 0 Å². The van der Waals surface area contributed by atoms with Crippen LogP contribution in [0.15, 0.2) is 16.9 Å². The highest BCUT2D eigenvalue weighted by Gasteiger charge is 2.20. The minimum atomic E-state index is -1.09. The lowest BCUT2D eigenvalue weighted by Gasteiger charge is -2.13. The summed E-state index contributed by atoms with van der Waals surface area (Å²) >= 11 is 0. The van der Waals surface area contributed by atoms with Crippen molar-refractivity contribution in [2.45, 2.75) is 25.8 Å². The molecule has 0 aliphatic rings. The fourth-order valence-corrected chi connectivity index (χ4v) is 1.40. The van der Waals surface area contributed by atoms with Gasteiger partial charge >= 0.3 is 5.97 Å². The number of nitrogens with zero attached hydrogens (tertiary/aromatic N) is 2. The number of carboxylic acid groups (broad SMARTS) is 1. The van der Waals surface area contributed by atoms with Crippen LogP contribution in [0, 0.1) is 0 Å². The second kappa shape index (κ2) is 5.95. The lowest BCUT2D eigenvalue weighted by Crippen LogP contribution is -2.41. The highest BCUT2D eigenvalue weighted by molar-refractivity contribution is 5.94. The molecule has 1 aromatic heterocycles. The lowest BCUT2D eigenvalue weighted by atomic mass is 10.1. The first-order chi connectivity index (χ1) is 8.45. The van der Waals surface area contributed by atoms with Crippen molar-refractivity contribution in [3.8, 4) is 0 Å². The van der Waals surface area contributed by atoms with E-state index in [1.165, 1.54) is 19.2 Å². The Morgan fingerprint density at radius 1 is 1.50 bits per heavy atom. The molecule has 0 bridgehead atoms. The van der Waals surface area contributed by atoms with Gasteiger partial charge in [0, 0.05) is 13.1 Å². The molecule has 1 aromatic rings. The van der Waals surface area contributed by atoms with E-state index in [2.05, 4.69) is 10.4 Å². The number of rotatable bonds is 5. The molecule has 18 heavy (non-hydrogen) atoms. The molecule has 0 spiro atoms. The highest BCUT2D eigenvalue weighted by atomic mass is 16.4. The summed E-state index contributed by atoms with van der Waals surface area (Å²) < 4.78 is 1.02. The van der Waals surface area contributed by atoms with Crippen LogP contribution in [0.1, 0.15) is 30.3 Å². The van der Waals surface area contributed by atoms with E-state index in [1.54, 1.807) is 0 Å². The van der Waals surface area contributed by atoms with Crippen molar-refractivity contribution in [3.63, 3.8) is 0 Å². The number of aryl methyl sites for hydroxylation is 1. The number of carbonyl (C=O) groups is 2. The minimum Gasteiger partial charge on any atom is -0.480 e. The van der Waals surface area contributed by atoms with Crippen molar-refractivity contribution < 1.29 is 14.7 Å². The maximum atomic E-state index is 11.7. The maximum absolute atomic E-state index is 11.7. The Morgan fingerprint density at radius 3 is 2.67 bits per heavy atom. The number of amides is 1. The third-order valence-corrected chi connectivity index (χ3v) is 2.37. The van der Waals surface area contributed by atoms with Gasteiger partial charge in [-0.2, -0.15) is 5.10 Å². The number of hydrogen-bond donors (Lipinski definition) is 2. The smallest absolute Gasteiger partial charge is 0.326 e. The molecule has 98 valence electrons. The molecular weight excluding hydrogens is 238 g/mol. The molecular formula is C11H15N3O4. The van der Waals surface area contributed by atoms with Crippen LogP contribution in [0.5, 0.6) is 0 Å². The van der Waals surface area contributed by atoms with Crippen LogP contribution in [0.4, 0.5) is 0 Å². The van der Waals surface area contributed by atoms with Gasteiger partial charge in [0.1, 0.15) is 11.7 Å². The van der Waals surface area contributed by atoms with E-state index in [0.717, 1.165) is 4.68 Å². The zero-order valence-electron chi connectivity index (χ0n) is 10.2. The molecule has 1 rings (SSSR count). The molecule has 0 aliphatic heterocycles. The van der Waals surface area contributed by atoms with E-state index in [1.807, 2.05) is 6.92 Å². The van der Waals surface area contributed by atoms with E-state index in [0.29, 0.717) is 12.8 Å². The summed E-state index contributed by atoms with van der Waals surface area (Å²) in [4.78, 5) is 33.7. The molecule has 2 N–H and O–H groups in total. The Morgan fingerprint density at radius 2 is 2.17 bits per heavy atom. The quantitative estimate of drug-likeness (QED) is 0.754. The van der Waals surface area contributed by atoms with Gasteiger partial charge in [0.25, 0.3) is 11.5 Å². The summed E-state index contributed by atoms with van der Waals surface area (Å²) in [5, 5.41) is 15.0. The van der Waals surface area contributed by atoms with Crippen LogP contribution in [-0.2, 0) is 11.8 Å². The number of aromatic nitrogens is 2. The summed E-state index contributed by atoms with van der Waals surface area (Å²) in [5.41, 5.74) is -0.325. The van der Waals surface area contributed by atoms with Crippen LogP contribution in [0.3, 0.4) is 0 Å². The Kier molecular flexibility index (Phi) is 4.59. The van der Waals surface area contributed by atoms with Crippen molar-refractivity contribution in [1.82, 2.24) is 15.1 Å². The van der Waals surface area contributed by atoms with Crippen molar-refractivity contribution in [2.75, 3.05) is 0 Å². The van der Waals surface area contributed by atoms with Gasteiger partial charge in [-0.25, -0.2) is 9.48 Å². The van der Waals surface area contributed by atoms with Crippen molar-refractivity contribution >= 4 is 11.9 Å². The monoisotopic (exact) mass is 253 g/mol. The first-order valence-corrected chi connectivity index (χ1v) is 5.53. The zero-order valence-corrected chi connectivity index (χ0v) is 10.2. The minimum absolute atomic E-state index is 0.0134. The molecule has 0 aliphatic carbocycles. The molecule has 1 heterocycles.